The number of nitrogens with zero attached hydrogens (tertiary/aromatic N) is 2. The van der Waals surface area contributed by atoms with E-state index >= 15 is 0 Å². The average Bonchev–Trinajstić information content (AvgIpc) is 3.30. The van der Waals surface area contributed by atoms with E-state index in [-0.39, 0.29) is 47.3 Å². The zero-order valence-electron chi connectivity index (χ0n) is 18.8. The number of nitro benzene ring substituents is 1. The van der Waals surface area contributed by atoms with Gasteiger partial charge in [-0.3, -0.25) is 24.5 Å². The van der Waals surface area contributed by atoms with Crippen LogP contribution in [0.4, 0.5) is 11.4 Å². The maximum Gasteiger partial charge on any atom is 0.293 e. The van der Waals surface area contributed by atoms with E-state index in [2.05, 4.69) is 10.6 Å². The molecule has 0 spiro atoms. The van der Waals surface area contributed by atoms with Crippen molar-refractivity contribution in [1.29, 1.82) is 0 Å². The number of nitrogens with one attached hydrogen (secondary N) is 2. The summed E-state index contributed by atoms with van der Waals surface area (Å²) in [5.74, 6) is -1.08. The van der Waals surface area contributed by atoms with Crippen molar-refractivity contribution in [2.24, 2.45) is 0 Å². The van der Waals surface area contributed by atoms with E-state index in [1.54, 1.807) is 31.1 Å². The van der Waals surface area contributed by atoms with Crippen LogP contribution in [0.2, 0.25) is 0 Å². The van der Waals surface area contributed by atoms with Gasteiger partial charge in [0.15, 0.2) is 5.78 Å². The molecule has 2 aromatic rings. The van der Waals surface area contributed by atoms with Gasteiger partial charge >= 0.3 is 0 Å². The minimum absolute atomic E-state index is 0.111. The number of benzene rings is 2. The lowest BCUT2D eigenvalue weighted by Gasteiger charge is -2.14. The van der Waals surface area contributed by atoms with Crippen LogP contribution in [0.1, 0.15) is 58.4 Å². The monoisotopic (exact) mass is 452 g/mol. The number of nitro groups is 1. The zero-order chi connectivity index (χ0) is 24.0. The third kappa shape index (κ3) is 5.94. The molecule has 1 aliphatic carbocycles. The van der Waals surface area contributed by atoms with Gasteiger partial charge in [-0.2, -0.15) is 0 Å². The fourth-order valence-corrected chi connectivity index (χ4v) is 3.98. The maximum atomic E-state index is 13.1. The van der Waals surface area contributed by atoms with Crippen LogP contribution in [-0.4, -0.2) is 49.2 Å². The number of rotatable bonds is 9. The number of carbonyl (C=O) groups excluding carboxylic acids is 3. The highest BCUT2D eigenvalue weighted by atomic mass is 16.6. The topological polar surface area (TPSA) is 122 Å². The van der Waals surface area contributed by atoms with Crippen LogP contribution < -0.4 is 15.5 Å². The first-order valence-corrected chi connectivity index (χ1v) is 10.9. The molecule has 0 heterocycles. The van der Waals surface area contributed by atoms with Crippen molar-refractivity contribution in [1.82, 2.24) is 10.6 Å². The summed E-state index contributed by atoms with van der Waals surface area (Å²) in [5, 5.41) is 17.1. The summed E-state index contributed by atoms with van der Waals surface area (Å²) in [6.45, 7) is 0.142. The quantitative estimate of drug-likeness (QED) is 0.343. The molecule has 0 aromatic heterocycles. The number of ketones is 1. The van der Waals surface area contributed by atoms with Gasteiger partial charge in [-0.05, 0) is 31.0 Å². The van der Waals surface area contributed by atoms with E-state index in [1.165, 1.54) is 30.3 Å². The fourth-order valence-electron chi connectivity index (χ4n) is 3.98. The standard InChI is InChI=1S/C24H28N4O5/c1-27(2)20-12-11-16(15-21(20)28(32)33)23(30)18-9-5-6-10-19(18)24(31)25-14-13-22(29)26-17-7-3-4-8-17/h5-6,9-12,15,17H,3-4,7-8,13-14H2,1-2H3,(H,25,31)(H,26,29). The Hall–Kier alpha value is -3.75. The van der Waals surface area contributed by atoms with Crippen LogP contribution in [0, 0.1) is 10.1 Å². The third-order valence-electron chi connectivity index (χ3n) is 5.69. The van der Waals surface area contributed by atoms with E-state index in [9.17, 15) is 24.5 Å². The first kappa shape index (κ1) is 23.9. The van der Waals surface area contributed by atoms with Gasteiger partial charge in [0.25, 0.3) is 11.6 Å². The van der Waals surface area contributed by atoms with Gasteiger partial charge in [0.1, 0.15) is 5.69 Å². The van der Waals surface area contributed by atoms with E-state index in [0.717, 1.165) is 25.7 Å². The number of anilines is 1. The van der Waals surface area contributed by atoms with E-state index < -0.39 is 16.6 Å². The Kier molecular flexibility index (Phi) is 7.76. The minimum atomic E-state index is -0.540. The minimum Gasteiger partial charge on any atom is -0.372 e. The largest absolute Gasteiger partial charge is 0.372 e. The summed E-state index contributed by atoms with van der Waals surface area (Å²) in [4.78, 5) is 50.4. The Labute approximate surface area is 192 Å². The van der Waals surface area contributed by atoms with Crippen LogP contribution in [0.3, 0.4) is 0 Å². The molecule has 1 aliphatic rings. The average molecular weight is 453 g/mol. The van der Waals surface area contributed by atoms with E-state index in [0.29, 0.717) is 5.69 Å². The van der Waals surface area contributed by atoms with Crippen molar-refractivity contribution >= 4 is 29.0 Å². The Morgan fingerprint density at radius 3 is 2.36 bits per heavy atom. The molecular weight excluding hydrogens is 424 g/mol. The third-order valence-corrected chi connectivity index (χ3v) is 5.69. The SMILES string of the molecule is CN(C)c1ccc(C(=O)c2ccccc2C(=O)NCCC(=O)NC2CCCC2)cc1[N+](=O)[O-]. The zero-order valence-corrected chi connectivity index (χ0v) is 18.8. The molecule has 2 amide bonds. The molecule has 1 saturated carbocycles. The highest BCUT2D eigenvalue weighted by Crippen LogP contribution is 2.29. The Morgan fingerprint density at radius 2 is 1.73 bits per heavy atom. The Balaban J connectivity index is 1.71. The van der Waals surface area contributed by atoms with Crippen molar-refractivity contribution in [3.63, 3.8) is 0 Å². The van der Waals surface area contributed by atoms with Crippen LogP contribution in [0.5, 0.6) is 0 Å². The molecule has 9 heteroatoms. The molecule has 0 radical (unpaired) electrons. The van der Waals surface area contributed by atoms with Crippen molar-refractivity contribution in [2.75, 3.05) is 25.5 Å². The summed E-state index contributed by atoms with van der Waals surface area (Å²) >= 11 is 0. The molecule has 0 atom stereocenters. The number of hydrogen-bond donors (Lipinski definition) is 2. The van der Waals surface area contributed by atoms with Crippen LogP contribution >= 0.6 is 0 Å². The summed E-state index contributed by atoms with van der Waals surface area (Å²) in [6, 6.07) is 10.7. The van der Waals surface area contributed by atoms with Crippen LogP contribution in [0.15, 0.2) is 42.5 Å². The first-order valence-electron chi connectivity index (χ1n) is 10.9. The van der Waals surface area contributed by atoms with E-state index in [4.69, 9.17) is 0 Å². The molecule has 0 aliphatic heterocycles. The smallest absolute Gasteiger partial charge is 0.293 e. The van der Waals surface area contributed by atoms with Gasteiger partial charge in [-0.15, -0.1) is 0 Å². The predicted octanol–water partition coefficient (Wildman–Crippen LogP) is 3.07. The van der Waals surface area contributed by atoms with Gasteiger partial charge < -0.3 is 15.5 Å². The second-order valence-electron chi connectivity index (χ2n) is 8.28. The second kappa shape index (κ2) is 10.7. The summed E-state index contributed by atoms with van der Waals surface area (Å²) in [5.41, 5.74) is 0.582. The molecule has 33 heavy (non-hydrogen) atoms. The van der Waals surface area contributed by atoms with Crippen molar-refractivity contribution in [3.05, 3.63) is 69.3 Å². The molecule has 3 rings (SSSR count). The predicted molar refractivity (Wildman–Crippen MR) is 125 cm³/mol. The van der Waals surface area contributed by atoms with Crippen LogP contribution in [-0.2, 0) is 4.79 Å². The van der Waals surface area contributed by atoms with Gasteiger partial charge in [0.05, 0.1) is 10.5 Å². The Morgan fingerprint density at radius 1 is 1.06 bits per heavy atom. The number of hydrogen-bond acceptors (Lipinski definition) is 6. The highest BCUT2D eigenvalue weighted by Gasteiger charge is 2.23. The summed E-state index contributed by atoms with van der Waals surface area (Å²) < 4.78 is 0. The summed E-state index contributed by atoms with van der Waals surface area (Å²) in [7, 11) is 3.36. The van der Waals surface area contributed by atoms with Gasteiger partial charge in [0, 0.05) is 50.3 Å². The van der Waals surface area contributed by atoms with Crippen molar-refractivity contribution in [2.45, 2.75) is 38.1 Å². The van der Waals surface area contributed by atoms with Crippen molar-refractivity contribution < 1.29 is 19.3 Å². The molecular formula is C24H28N4O5. The molecule has 2 N–H and O–H groups in total. The van der Waals surface area contributed by atoms with E-state index in [1.807, 2.05) is 0 Å². The second-order valence-corrected chi connectivity index (χ2v) is 8.28. The fraction of sp³-hybridized carbons (Fsp3) is 0.375. The molecule has 174 valence electrons. The van der Waals surface area contributed by atoms with Crippen molar-refractivity contribution in [3.8, 4) is 0 Å². The molecule has 2 aromatic carbocycles. The lowest BCUT2D eigenvalue weighted by Crippen LogP contribution is -2.35. The first-order chi connectivity index (χ1) is 15.8. The lowest BCUT2D eigenvalue weighted by atomic mass is 9.97. The maximum absolute atomic E-state index is 13.1. The molecule has 0 unspecified atom stereocenters. The van der Waals surface area contributed by atoms with Gasteiger partial charge in [-0.25, -0.2) is 0 Å². The molecule has 1 fully saturated rings. The number of amides is 2. The summed E-state index contributed by atoms with van der Waals surface area (Å²) in [6.07, 6.45) is 4.36. The Bertz CT molecular complexity index is 1060. The normalized spacial score (nSPS) is 13.4. The lowest BCUT2D eigenvalue weighted by molar-refractivity contribution is -0.384. The number of carbonyl (C=O) groups is 3. The van der Waals surface area contributed by atoms with Crippen LogP contribution in [0.25, 0.3) is 0 Å². The van der Waals surface area contributed by atoms with Gasteiger partial charge in [-0.1, -0.05) is 31.0 Å². The highest BCUT2D eigenvalue weighted by molar-refractivity contribution is 6.15. The molecule has 0 bridgehead atoms. The molecule has 9 nitrogen and oxygen atoms in total. The molecule has 0 saturated heterocycles. The van der Waals surface area contributed by atoms with Gasteiger partial charge in [0.2, 0.25) is 5.91 Å².